The van der Waals surface area contributed by atoms with Crippen molar-refractivity contribution in [1.82, 2.24) is 0 Å². The summed E-state index contributed by atoms with van der Waals surface area (Å²) < 4.78 is 6.37. The van der Waals surface area contributed by atoms with E-state index in [1.165, 1.54) is 0 Å². The van der Waals surface area contributed by atoms with Crippen LogP contribution in [0.2, 0.25) is 0 Å². The zero-order chi connectivity index (χ0) is 15.8. The molecule has 0 aromatic heterocycles. The van der Waals surface area contributed by atoms with Gasteiger partial charge in [0.15, 0.2) is 0 Å². The molecular formula is C17H17BrN2O2. The Balaban J connectivity index is 1.86. The Morgan fingerprint density at radius 1 is 1.18 bits per heavy atom. The molecule has 2 aromatic rings. The smallest absolute Gasteiger partial charge is 0.243 e. The van der Waals surface area contributed by atoms with Crippen LogP contribution < -0.4 is 15.4 Å². The number of ether oxygens (including phenoxy) is 1. The lowest BCUT2D eigenvalue weighted by atomic mass is 10.3. The van der Waals surface area contributed by atoms with E-state index in [2.05, 4.69) is 33.1 Å². The third-order valence-corrected chi connectivity index (χ3v) is 3.26. The third-order valence-electron chi connectivity index (χ3n) is 2.76. The average molecular weight is 361 g/mol. The summed E-state index contributed by atoms with van der Waals surface area (Å²) in [6.45, 7) is 4.24. The summed E-state index contributed by atoms with van der Waals surface area (Å²) in [5.41, 5.74) is 1.58. The molecule has 0 saturated heterocycles. The predicted octanol–water partition coefficient (Wildman–Crippen LogP) is 4.06. The molecule has 2 rings (SSSR count). The normalized spacial score (nSPS) is 9.86. The van der Waals surface area contributed by atoms with Gasteiger partial charge in [-0.2, -0.15) is 0 Å². The molecule has 0 saturated carbocycles. The predicted molar refractivity (Wildman–Crippen MR) is 93.4 cm³/mol. The lowest BCUT2D eigenvalue weighted by molar-refractivity contribution is -0.114. The summed E-state index contributed by atoms with van der Waals surface area (Å²) in [5.74, 6) is 0.618. The van der Waals surface area contributed by atoms with Crippen LogP contribution in [0.25, 0.3) is 0 Å². The second-order valence-electron chi connectivity index (χ2n) is 4.54. The molecule has 0 bridgehead atoms. The summed E-state index contributed by atoms with van der Waals surface area (Å²) in [5, 5.41) is 5.89. The van der Waals surface area contributed by atoms with E-state index in [0.717, 1.165) is 21.6 Å². The van der Waals surface area contributed by atoms with Gasteiger partial charge in [-0.05, 0) is 30.3 Å². The molecule has 5 heteroatoms. The maximum absolute atomic E-state index is 11.9. The first kappa shape index (κ1) is 16.1. The van der Waals surface area contributed by atoms with Crippen molar-refractivity contribution in [3.8, 4) is 5.75 Å². The van der Waals surface area contributed by atoms with Crippen LogP contribution >= 0.6 is 15.9 Å². The molecule has 0 atom stereocenters. The monoisotopic (exact) mass is 360 g/mol. The van der Waals surface area contributed by atoms with Crippen molar-refractivity contribution in [2.45, 2.75) is 0 Å². The highest BCUT2D eigenvalue weighted by Gasteiger charge is 2.03. The van der Waals surface area contributed by atoms with Crippen LogP contribution in [0.1, 0.15) is 0 Å². The fraction of sp³-hybridized carbons (Fsp3) is 0.118. The first-order valence-electron chi connectivity index (χ1n) is 6.80. The number of carbonyl (C=O) groups excluding carboxylic acids is 1. The van der Waals surface area contributed by atoms with Crippen LogP contribution in [0.4, 0.5) is 11.4 Å². The second kappa shape index (κ2) is 8.24. The first-order valence-corrected chi connectivity index (χ1v) is 7.60. The van der Waals surface area contributed by atoms with E-state index < -0.39 is 0 Å². The molecule has 2 N–H and O–H groups in total. The zero-order valence-corrected chi connectivity index (χ0v) is 13.6. The number of nitrogens with one attached hydrogen (secondary N) is 2. The fourth-order valence-corrected chi connectivity index (χ4v) is 2.20. The molecule has 0 spiro atoms. The van der Waals surface area contributed by atoms with E-state index in [0.29, 0.717) is 6.61 Å². The van der Waals surface area contributed by atoms with Crippen LogP contribution in [0, 0.1) is 0 Å². The average Bonchev–Trinajstić information content (AvgIpc) is 2.51. The topological polar surface area (TPSA) is 50.4 Å². The summed E-state index contributed by atoms with van der Waals surface area (Å²) in [6.07, 6.45) is 1.69. The van der Waals surface area contributed by atoms with E-state index in [1.54, 1.807) is 6.08 Å². The van der Waals surface area contributed by atoms with Gasteiger partial charge in [0.05, 0.1) is 6.54 Å². The Morgan fingerprint density at radius 2 is 1.95 bits per heavy atom. The Labute approximate surface area is 138 Å². The summed E-state index contributed by atoms with van der Waals surface area (Å²) >= 11 is 3.37. The molecule has 0 aliphatic heterocycles. The number of rotatable bonds is 7. The largest absolute Gasteiger partial charge is 0.489 e. The minimum absolute atomic E-state index is 0.115. The standard InChI is InChI=1S/C17H17BrN2O2/c1-2-9-22-16-8-4-6-14(11-16)19-12-17(21)20-15-7-3-5-13(18)10-15/h2-8,10-11,19H,1,9,12H2,(H,20,21). The van der Waals surface area contributed by atoms with Crippen molar-refractivity contribution in [1.29, 1.82) is 0 Å². The van der Waals surface area contributed by atoms with Crippen molar-refractivity contribution >= 4 is 33.2 Å². The molecular weight excluding hydrogens is 344 g/mol. The molecule has 0 unspecified atom stereocenters. The number of hydrogen-bond acceptors (Lipinski definition) is 3. The third kappa shape index (κ3) is 5.26. The maximum Gasteiger partial charge on any atom is 0.243 e. The molecule has 0 aliphatic rings. The van der Waals surface area contributed by atoms with Crippen LogP contribution in [-0.4, -0.2) is 19.1 Å². The molecule has 0 fully saturated rings. The zero-order valence-electron chi connectivity index (χ0n) is 12.0. The molecule has 0 heterocycles. The van der Waals surface area contributed by atoms with Gasteiger partial charge in [0, 0.05) is 21.9 Å². The van der Waals surface area contributed by atoms with E-state index >= 15 is 0 Å². The molecule has 0 aliphatic carbocycles. The highest BCUT2D eigenvalue weighted by atomic mass is 79.9. The van der Waals surface area contributed by atoms with Gasteiger partial charge in [-0.25, -0.2) is 0 Å². The Hall–Kier alpha value is -2.27. The highest BCUT2D eigenvalue weighted by Crippen LogP contribution is 2.18. The van der Waals surface area contributed by atoms with Gasteiger partial charge in [-0.15, -0.1) is 0 Å². The van der Waals surface area contributed by atoms with Crippen molar-refractivity contribution in [2.75, 3.05) is 23.8 Å². The quantitative estimate of drug-likeness (QED) is 0.731. The van der Waals surface area contributed by atoms with E-state index in [-0.39, 0.29) is 12.5 Å². The lowest BCUT2D eigenvalue weighted by Gasteiger charge is -2.09. The highest BCUT2D eigenvalue weighted by molar-refractivity contribution is 9.10. The van der Waals surface area contributed by atoms with Gasteiger partial charge in [0.25, 0.3) is 0 Å². The summed E-state index contributed by atoms with van der Waals surface area (Å²) in [7, 11) is 0. The number of amides is 1. The minimum Gasteiger partial charge on any atom is -0.489 e. The van der Waals surface area contributed by atoms with Crippen molar-refractivity contribution in [3.05, 3.63) is 65.7 Å². The summed E-state index contributed by atoms with van der Waals surface area (Å²) in [6, 6.07) is 14.9. The van der Waals surface area contributed by atoms with Gasteiger partial charge in [0.2, 0.25) is 5.91 Å². The van der Waals surface area contributed by atoms with Crippen LogP contribution in [0.15, 0.2) is 65.7 Å². The van der Waals surface area contributed by atoms with Crippen molar-refractivity contribution in [2.24, 2.45) is 0 Å². The van der Waals surface area contributed by atoms with Gasteiger partial charge in [0.1, 0.15) is 12.4 Å². The number of anilines is 2. The summed E-state index contributed by atoms with van der Waals surface area (Å²) in [4.78, 5) is 11.9. The number of carbonyl (C=O) groups is 1. The van der Waals surface area contributed by atoms with Crippen molar-refractivity contribution in [3.63, 3.8) is 0 Å². The van der Waals surface area contributed by atoms with Crippen LogP contribution in [-0.2, 0) is 4.79 Å². The van der Waals surface area contributed by atoms with Gasteiger partial charge in [-0.3, -0.25) is 4.79 Å². The second-order valence-corrected chi connectivity index (χ2v) is 5.46. The lowest BCUT2D eigenvalue weighted by Crippen LogP contribution is -2.21. The molecule has 0 radical (unpaired) electrons. The molecule has 2 aromatic carbocycles. The molecule has 4 nitrogen and oxygen atoms in total. The van der Waals surface area contributed by atoms with E-state index in [1.807, 2.05) is 48.5 Å². The maximum atomic E-state index is 11.9. The fourth-order valence-electron chi connectivity index (χ4n) is 1.80. The van der Waals surface area contributed by atoms with Crippen molar-refractivity contribution < 1.29 is 9.53 Å². The number of halogens is 1. The van der Waals surface area contributed by atoms with Gasteiger partial charge < -0.3 is 15.4 Å². The molecule has 114 valence electrons. The van der Waals surface area contributed by atoms with Crippen LogP contribution in [0.3, 0.4) is 0 Å². The number of benzene rings is 2. The Bertz CT molecular complexity index is 659. The van der Waals surface area contributed by atoms with Crippen LogP contribution in [0.5, 0.6) is 5.75 Å². The SMILES string of the molecule is C=CCOc1cccc(NCC(=O)Nc2cccc(Br)c2)c1. The Kier molecular flexibility index (Phi) is 6.03. The minimum atomic E-state index is -0.115. The Morgan fingerprint density at radius 3 is 2.73 bits per heavy atom. The van der Waals surface area contributed by atoms with E-state index in [9.17, 15) is 4.79 Å². The van der Waals surface area contributed by atoms with Gasteiger partial charge in [-0.1, -0.05) is 40.7 Å². The molecule has 22 heavy (non-hydrogen) atoms. The van der Waals surface area contributed by atoms with E-state index in [4.69, 9.17) is 4.74 Å². The number of hydrogen-bond donors (Lipinski definition) is 2. The molecule has 1 amide bonds. The van der Waals surface area contributed by atoms with Gasteiger partial charge >= 0.3 is 0 Å². The first-order chi connectivity index (χ1) is 10.7.